The van der Waals surface area contributed by atoms with Crippen LogP contribution in [0.15, 0.2) is 18.2 Å². The molecule has 0 aliphatic rings. The molecule has 4 heteroatoms. The molecule has 2 rings (SSSR count). The number of rotatable bonds is 3. The number of nitrogens with zero attached hydrogens (tertiary/aromatic N) is 2. The van der Waals surface area contributed by atoms with Crippen LogP contribution in [0.2, 0.25) is 5.02 Å². The van der Waals surface area contributed by atoms with E-state index in [9.17, 15) is 0 Å². The van der Waals surface area contributed by atoms with Gasteiger partial charge in [-0.05, 0) is 18.2 Å². The van der Waals surface area contributed by atoms with Gasteiger partial charge < -0.3 is 9.30 Å². The van der Waals surface area contributed by atoms with E-state index in [-0.39, 0.29) is 5.41 Å². The summed E-state index contributed by atoms with van der Waals surface area (Å²) in [5, 5.41) is 0.738. The second-order valence-corrected chi connectivity index (χ2v) is 5.90. The van der Waals surface area contributed by atoms with Crippen LogP contribution in [0.25, 0.3) is 11.0 Å². The molecule has 18 heavy (non-hydrogen) atoms. The molecule has 0 amide bonds. The summed E-state index contributed by atoms with van der Waals surface area (Å²) >= 11 is 6.08. The third kappa shape index (κ3) is 2.52. The van der Waals surface area contributed by atoms with Crippen molar-refractivity contribution >= 4 is 22.6 Å². The third-order valence-corrected chi connectivity index (χ3v) is 3.14. The van der Waals surface area contributed by atoms with Crippen molar-refractivity contribution in [1.29, 1.82) is 0 Å². The van der Waals surface area contributed by atoms with Gasteiger partial charge in [0, 0.05) is 24.1 Å². The van der Waals surface area contributed by atoms with Crippen molar-refractivity contribution in [2.45, 2.75) is 32.7 Å². The van der Waals surface area contributed by atoms with E-state index in [0.29, 0.717) is 6.61 Å². The Balaban J connectivity index is 2.62. The van der Waals surface area contributed by atoms with Crippen LogP contribution in [-0.4, -0.2) is 23.3 Å². The molecule has 0 spiro atoms. The lowest BCUT2D eigenvalue weighted by atomic mass is 9.95. The van der Waals surface area contributed by atoms with Gasteiger partial charge in [0.25, 0.3) is 0 Å². The number of methoxy groups -OCH3 is 1. The van der Waals surface area contributed by atoms with Crippen LogP contribution < -0.4 is 0 Å². The molecule has 0 fully saturated rings. The molecule has 0 saturated carbocycles. The van der Waals surface area contributed by atoms with E-state index in [0.717, 1.165) is 28.4 Å². The highest BCUT2D eigenvalue weighted by molar-refractivity contribution is 6.31. The lowest BCUT2D eigenvalue weighted by Gasteiger charge is -2.20. The first-order valence-electron chi connectivity index (χ1n) is 6.08. The SMILES string of the molecule is COCCn1c(C(C)(C)C)nc2ccc(Cl)cc21. The normalized spacial score (nSPS) is 12.3. The first kappa shape index (κ1) is 13.4. The molecule has 0 aliphatic heterocycles. The van der Waals surface area contributed by atoms with E-state index in [4.69, 9.17) is 21.3 Å². The maximum Gasteiger partial charge on any atom is 0.115 e. The van der Waals surface area contributed by atoms with Crippen LogP contribution in [0, 0.1) is 0 Å². The minimum Gasteiger partial charge on any atom is -0.383 e. The first-order valence-corrected chi connectivity index (χ1v) is 6.46. The Bertz CT molecular complexity index is 555. The van der Waals surface area contributed by atoms with Gasteiger partial charge in [-0.3, -0.25) is 0 Å². The third-order valence-electron chi connectivity index (χ3n) is 2.90. The zero-order valence-electron chi connectivity index (χ0n) is 11.3. The van der Waals surface area contributed by atoms with Crippen LogP contribution in [0.3, 0.4) is 0 Å². The summed E-state index contributed by atoms with van der Waals surface area (Å²) in [5.74, 6) is 1.07. The van der Waals surface area contributed by atoms with Crippen molar-refractivity contribution in [3.8, 4) is 0 Å². The predicted octanol–water partition coefficient (Wildman–Crippen LogP) is 3.63. The summed E-state index contributed by atoms with van der Waals surface area (Å²) in [5.41, 5.74) is 2.06. The Kier molecular flexibility index (Phi) is 3.64. The molecule has 1 aromatic heterocycles. The minimum absolute atomic E-state index is 0.000756. The lowest BCUT2D eigenvalue weighted by Crippen LogP contribution is -2.20. The summed E-state index contributed by atoms with van der Waals surface area (Å²) in [6.45, 7) is 7.96. The average Bonchev–Trinajstić information content (AvgIpc) is 2.64. The van der Waals surface area contributed by atoms with Crippen molar-refractivity contribution in [3.05, 3.63) is 29.0 Å². The largest absolute Gasteiger partial charge is 0.383 e. The van der Waals surface area contributed by atoms with Crippen LogP contribution in [0.1, 0.15) is 26.6 Å². The molecular formula is C14H19ClN2O. The van der Waals surface area contributed by atoms with Gasteiger partial charge in [-0.1, -0.05) is 32.4 Å². The Morgan fingerprint density at radius 3 is 2.67 bits per heavy atom. The number of aromatic nitrogens is 2. The molecular weight excluding hydrogens is 248 g/mol. The van der Waals surface area contributed by atoms with Gasteiger partial charge in [-0.15, -0.1) is 0 Å². The van der Waals surface area contributed by atoms with Gasteiger partial charge in [-0.25, -0.2) is 4.98 Å². The number of imidazole rings is 1. The maximum atomic E-state index is 6.08. The van der Waals surface area contributed by atoms with Crippen LogP contribution in [0.5, 0.6) is 0 Å². The number of hydrogen-bond acceptors (Lipinski definition) is 2. The fourth-order valence-corrected chi connectivity index (χ4v) is 2.24. The van der Waals surface area contributed by atoms with Gasteiger partial charge in [0.2, 0.25) is 0 Å². The Morgan fingerprint density at radius 2 is 2.06 bits per heavy atom. The summed E-state index contributed by atoms with van der Waals surface area (Å²) in [6, 6.07) is 5.81. The standard InChI is InChI=1S/C14H19ClN2O/c1-14(2,3)13-16-11-6-5-10(15)9-12(11)17(13)7-8-18-4/h5-6,9H,7-8H2,1-4H3. The van der Waals surface area contributed by atoms with Crippen molar-refractivity contribution in [2.75, 3.05) is 13.7 Å². The summed E-state index contributed by atoms with van der Waals surface area (Å²) in [4.78, 5) is 4.73. The highest BCUT2D eigenvalue weighted by atomic mass is 35.5. The van der Waals surface area contributed by atoms with Crippen molar-refractivity contribution in [1.82, 2.24) is 9.55 Å². The number of halogens is 1. The van der Waals surface area contributed by atoms with Crippen LogP contribution in [-0.2, 0) is 16.7 Å². The number of ether oxygens (including phenoxy) is 1. The topological polar surface area (TPSA) is 27.1 Å². The van der Waals surface area contributed by atoms with Gasteiger partial charge in [0.15, 0.2) is 0 Å². The highest BCUT2D eigenvalue weighted by Crippen LogP contribution is 2.27. The molecule has 1 heterocycles. The molecule has 98 valence electrons. The first-order chi connectivity index (χ1) is 8.43. The van der Waals surface area contributed by atoms with Gasteiger partial charge in [0.1, 0.15) is 5.82 Å². The fraction of sp³-hybridized carbons (Fsp3) is 0.500. The molecule has 0 aliphatic carbocycles. The van der Waals surface area contributed by atoms with Crippen molar-refractivity contribution < 1.29 is 4.74 Å². The molecule has 3 nitrogen and oxygen atoms in total. The molecule has 0 atom stereocenters. The van der Waals surface area contributed by atoms with E-state index < -0.39 is 0 Å². The summed E-state index contributed by atoms with van der Waals surface area (Å²) in [6.07, 6.45) is 0. The molecule has 0 unspecified atom stereocenters. The maximum absolute atomic E-state index is 6.08. The zero-order chi connectivity index (χ0) is 13.3. The van der Waals surface area contributed by atoms with E-state index in [2.05, 4.69) is 25.3 Å². The fourth-order valence-electron chi connectivity index (χ4n) is 2.08. The lowest BCUT2D eigenvalue weighted by molar-refractivity contribution is 0.186. The molecule has 0 N–H and O–H groups in total. The van der Waals surface area contributed by atoms with Crippen molar-refractivity contribution in [3.63, 3.8) is 0 Å². The Hall–Kier alpha value is -1.06. The van der Waals surface area contributed by atoms with Crippen LogP contribution in [0.4, 0.5) is 0 Å². The van der Waals surface area contributed by atoms with E-state index >= 15 is 0 Å². The van der Waals surface area contributed by atoms with Crippen molar-refractivity contribution in [2.24, 2.45) is 0 Å². The summed E-state index contributed by atoms with van der Waals surface area (Å²) < 4.78 is 7.38. The molecule has 0 saturated heterocycles. The predicted molar refractivity (Wildman–Crippen MR) is 75.3 cm³/mol. The zero-order valence-corrected chi connectivity index (χ0v) is 12.1. The second kappa shape index (κ2) is 4.90. The Morgan fingerprint density at radius 1 is 1.33 bits per heavy atom. The van der Waals surface area contributed by atoms with Crippen LogP contribution >= 0.6 is 11.6 Å². The van der Waals surface area contributed by atoms with Gasteiger partial charge in [0.05, 0.1) is 17.6 Å². The number of hydrogen-bond donors (Lipinski definition) is 0. The average molecular weight is 267 g/mol. The summed E-state index contributed by atoms with van der Waals surface area (Å²) in [7, 11) is 1.71. The quantitative estimate of drug-likeness (QED) is 0.848. The van der Waals surface area contributed by atoms with E-state index in [1.807, 2.05) is 18.2 Å². The number of benzene rings is 1. The van der Waals surface area contributed by atoms with E-state index in [1.165, 1.54) is 0 Å². The van der Waals surface area contributed by atoms with Gasteiger partial charge in [-0.2, -0.15) is 0 Å². The molecule has 0 bridgehead atoms. The second-order valence-electron chi connectivity index (χ2n) is 5.46. The highest BCUT2D eigenvalue weighted by Gasteiger charge is 2.22. The Labute approximate surface area is 113 Å². The van der Waals surface area contributed by atoms with E-state index in [1.54, 1.807) is 7.11 Å². The molecule has 0 radical (unpaired) electrons. The molecule has 1 aromatic carbocycles. The minimum atomic E-state index is -0.000756. The van der Waals surface area contributed by atoms with Gasteiger partial charge >= 0.3 is 0 Å². The molecule has 2 aromatic rings. The monoisotopic (exact) mass is 266 g/mol. The number of fused-ring (bicyclic) bond motifs is 1. The smallest absolute Gasteiger partial charge is 0.115 e.